The number of nitrogens with one attached hydrogen (secondary N) is 1. The molecule has 1 aliphatic rings. The fraction of sp³-hybridized carbons (Fsp3) is 0.476. The minimum absolute atomic E-state index is 0.0208. The van der Waals surface area contributed by atoms with Crippen LogP contribution in [0.4, 0.5) is 9.18 Å². The van der Waals surface area contributed by atoms with Crippen molar-refractivity contribution in [3.63, 3.8) is 0 Å². The van der Waals surface area contributed by atoms with E-state index in [1.165, 1.54) is 17.0 Å². The molecule has 2 amide bonds. The molecule has 0 radical (unpaired) electrons. The van der Waals surface area contributed by atoms with Gasteiger partial charge in [-0.2, -0.15) is 5.26 Å². The average molecular weight is 431 g/mol. The average Bonchev–Trinajstić information content (AvgIpc) is 2.65. The van der Waals surface area contributed by atoms with Crippen molar-refractivity contribution in [3.05, 3.63) is 41.7 Å². The van der Waals surface area contributed by atoms with Crippen molar-refractivity contribution in [1.29, 1.82) is 5.26 Å². The smallest absolute Gasteiger partial charge is 0.444 e. The van der Waals surface area contributed by atoms with E-state index in [1.807, 2.05) is 6.07 Å². The number of carbonyl (C=O) groups excluding carboxylic acids is 2. The van der Waals surface area contributed by atoms with E-state index in [4.69, 9.17) is 14.8 Å². The van der Waals surface area contributed by atoms with Crippen LogP contribution in [0.25, 0.3) is 0 Å². The van der Waals surface area contributed by atoms with E-state index in [0.29, 0.717) is 6.42 Å². The monoisotopic (exact) mass is 431 g/mol. The van der Waals surface area contributed by atoms with Crippen molar-refractivity contribution in [1.82, 2.24) is 10.2 Å². The third-order valence-electron chi connectivity index (χ3n) is 4.82. The van der Waals surface area contributed by atoms with Crippen LogP contribution in [0.1, 0.15) is 39.2 Å². The lowest BCUT2D eigenvalue weighted by molar-refractivity contribution is -0.123. The predicted molar refractivity (Wildman–Crippen MR) is 113 cm³/mol. The molecule has 1 saturated carbocycles. The number of ether oxygens (including phenoxy) is 1. The van der Waals surface area contributed by atoms with Crippen LogP contribution in [0.15, 0.2) is 30.4 Å². The van der Waals surface area contributed by atoms with E-state index < -0.39 is 36.6 Å². The van der Waals surface area contributed by atoms with E-state index in [-0.39, 0.29) is 30.0 Å². The minimum Gasteiger partial charge on any atom is -0.444 e. The highest BCUT2D eigenvalue weighted by Gasteiger charge is 2.36. The van der Waals surface area contributed by atoms with Crippen molar-refractivity contribution in [2.75, 3.05) is 6.54 Å². The van der Waals surface area contributed by atoms with Gasteiger partial charge in [0, 0.05) is 6.42 Å². The molecule has 1 unspecified atom stereocenters. The predicted octanol–water partition coefficient (Wildman–Crippen LogP) is 1.01. The number of halogens is 1. The molecule has 2 atom stereocenters. The zero-order valence-electron chi connectivity index (χ0n) is 17.9. The minimum atomic E-state index is -1.81. The van der Waals surface area contributed by atoms with Crippen molar-refractivity contribution in [2.24, 2.45) is 0 Å². The number of nitriles is 1. The van der Waals surface area contributed by atoms with Gasteiger partial charge in [0.15, 0.2) is 0 Å². The number of amides is 2. The Hall–Kier alpha value is -2.90. The van der Waals surface area contributed by atoms with Crippen LogP contribution in [0, 0.1) is 17.1 Å². The molecule has 0 aromatic heterocycles. The zero-order valence-corrected chi connectivity index (χ0v) is 17.9. The van der Waals surface area contributed by atoms with Gasteiger partial charge in [-0.25, -0.2) is 9.18 Å². The molecule has 1 aliphatic carbocycles. The van der Waals surface area contributed by atoms with E-state index in [1.54, 1.807) is 20.8 Å². The molecule has 3 N–H and O–H groups in total. The summed E-state index contributed by atoms with van der Waals surface area (Å²) in [6.07, 6.45) is 0.649. The number of hydrogen-bond acceptors (Lipinski definition) is 6. The number of hydrogen-bond donors (Lipinski definition) is 3. The number of rotatable bonds is 7. The molecule has 2 rings (SSSR count). The maximum atomic E-state index is 14.2. The van der Waals surface area contributed by atoms with Crippen LogP contribution in [-0.4, -0.2) is 58.3 Å². The Kier molecular flexibility index (Phi) is 7.82. The summed E-state index contributed by atoms with van der Waals surface area (Å²) < 4.78 is 19.6. The number of nitrogens with zero attached hydrogens (tertiary/aromatic N) is 2. The number of carbonyl (C=O) groups is 2. The molecule has 0 saturated heterocycles. The molecule has 10 heteroatoms. The maximum Gasteiger partial charge on any atom is 0.488 e. The third-order valence-corrected chi connectivity index (χ3v) is 4.82. The fourth-order valence-electron chi connectivity index (χ4n) is 3.11. The standard InChI is InChI=1S/C21H27BFN3O5/c1-13-5-8-18(13)26(20(28)31-21(2,3)4)12-19(27)25-16(11-24)9-14-6-7-15(22(29)30)10-17(14)23/h6-7,10,16,18,29-30H,1,5,8-9,12H2,2-4H3,(H,25,27)/t16-,18?/m0/s1. The van der Waals surface area contributed by atoms with E-state index in [2.05, 4.69) is 11.9 Å². The van der Waals surface area contributed by atoms with Crippen LogP contribution >= 0.6 is 0 Å². The van der Waals surface area contributed by atoms with Crippen LogP contribution in [0.5, 0.6) is 0 Å². The van der Waals surface area contributed by atoms with Crippen LogP contribution in [0.2, 0.25) is 0 Å². The van der Waals surface area contributed by atoms with E-state index >= 15 is 0 Å². The van der Waals surface area contributed by atoms with Crippen LogP contribution < -0.4 is 10.8 Å². The van der Waals surface area contributed by atoms with Gasteiger partial charge in [0.25, 0.3) is 0 Å². The van der Waals surface area contributed by atoms with Gasteiger partial charge >= 0.3 is 13.2 Å². The Bertz CT molecular complexity index is 894. The maximum absolute atomic E-state index is 14.2. The molecule has 1 aromatic rings. The highest BCUT2D eigenvalue weighted by Crippen LogP contribution is 2.30. The Labute approximate surface area is 181 Å². The first-order valence-corrected chi connectivity index (χ1v) is 9.92. The summed E-state index contributed by atoms with van der Waals surface area (Å²) in [5.41, 5.74) is 0.196. The van der Waals surface area contributed by atoms with Gasteiger partial charge in [0.2, 0.25) is 5.91 Å². The van der Waals surface area contributed by atoms with Gasteiger partial charge in [-0.3, -0.25) is 9.69 Å². The zero-order chi connectivity index (χ0) is 23.3. The lowest BCUT2D eigenvalue weighted by Crippen LogP contribution is -2.52. The summed E-state index contributed by atoms with van der Waals surface area (Å²) in [6, 6.07) is 4.16. The molecule has 0 heterocycles. The molecule has 166 valence electrons. The van der Waals surface area contributed by atoms with Crippen molar-refractivity contribution in [3.8, 4) is 6.07 Å². The SMILES string of the molecule is C=C1CCC1N(CC(=O)N[C@H](C#N)Cc1ccc(B(O)O)cc1F)C(=O)OC(C)(C)C. The van der Waals surface area contributed by atoms with Gasteiger partial charge in [0.05, 0.1) is 12.1 Å². The number of benzene rings is 1. The molecular weight excluding hydrogens is 404 g/mol. The Morgan fingerprint density at radius 2 is 2.13 bits per heavy atom. The van der Waals surface area contributed by atoms with Crippen molar-refractivity contribution < 1.29 is 28.8 Å². The van der Waals surface area contributed by atoms with Crippen molar-refractivity contribution in [2.45, 2.75) is 57.7 Å². The molecule has 1 fully saturated rings. The summed E-state index contributed by atoms with van der Waals surface area (Å²) in [5, 5.41) is 30.1. The summed E-state index contributed by atoms with van der Waals surface area (Å²) >= 11 is 0. The molecule has 0 spiro atoms. The molecule has 0 bridgehead atoms. The lowest BCUT2D eigenvalue weighted by Gasteiger charge is -2.39. The molecule has 1 aromatic carbocycles. The normalized spacial score (nSPS) is 16.5. The topological polar surface area (TPSA) is 123 Å². The van der Waals surface area contributed by atoms with Crippen molar-refractivity contribution >= 4 is 24.6 Å². The Balaban J connectivity index is 2.05. The Morgan fingerprint density at radius 3 is 2.58 bits per heavy atom. The first kappa shape index (κ1) is 24.4. The van der Waals surface area contributed by atoms with Gasteiger partial charge in [-0.05, 0) is 50.7 Å². The molecular formula is C21H27BFN3O5. The van der Waals surface area contributed by atoms with E-state index in [9.17, 15) is 19.2 Å². The third kappa shape index (κ3) is 6.80. The molecule has 0 aliphatic heterocycles. The van der Waals surface area contributed by atoms with E-state index in [0.717, 1.165) is 18.1 Å². The summed E-state index contributed by atoms with van der Waals surface area (Å²) in [7, 11) is -1.81. The first-order valence-electron chi connectivity index (χ1n) is 9.92. The fourth-order valence-corrected chi connectivity index (χ4v) is 3.11. The summed E-state index contributed by atoms with van der Waals surface area (Å²) in [4.78, 5) is 26.4. The second-order valence-corrected chi connectivity index (χ2v) is 8.50. The van der Waals surface area contributed by atoms with Crippen LogP contribution in [-0.2, 0) is 16.0 Å². The molecule has 8 nitrogen and oxygen atoms in total. The van der Waals surface area contributed by atoms with Crippen LogP contribution in [0.3, 0.4) is 0 Å². The second-order valence-electron chi connectivity index (χ2n) is 8.50. The first-order chi connectivity index (χ1) is 14.4. The summed E-state index contributed by atoms with van der Waals surface area (Å²) in [6.45, 7) is 8.74. The highest BCUT2D eigenvalue weighted by atomic mass is 19.1. The van der Waals surface area contributed by atoms with Gasteiger partial charge in [0.1, 0.15) is 24.0 Å². The second kappa shape index (κ2) is 9.94. The highest BCUT2D eigenvalue weighted by molar-refractivity contribution is 6.58. The summed E-state index contributed by atoms with van der Waals surface area (Å²) in [5.74, 6) is -1.30. The quantitative estimate of drug-likeness (QED) is 0.438. The van der Waals surface area contributed by atoms with Gasteiger partial charge < -0.3 is 20.1 Å². The van der Waals surface area contributed by atoms with Gasteiger partial charge in [-0.15, -0.1) is 0 Å². The lowest BCUT2D eigenvalue weighted by atomic mass is 9.79. The Morgan fingerprint density at radius 1 is 1.45 bits per heavy atom. The largest absolute Gasteiger partial charge is 0.488 e. The van der Waals surface area contributed by atoms with Gasteiger partial charge in [-0.1, -0.05) is 24.3 Å². The molecule has 31 heavy (non-hydrogen) atoms.